The average molecular weight is 285 g/mol. The van der Waals surface area contributed by atoms with E-state index >= 15 is 0 Å². The molecule has 0 unspecified atom stereocenters. The van der Waals surface area contributed by atoms with Gasteiger partial charge < -0.3 is 15.0 Å². The third-order valence-corrected chi connectivity index (χ3v) is 3.13. The van der Waals surface area contributed by atoms with Gasteiger partial charge in [0.2, 0.25) is 0 Å². The maximum absolute atomic E-state index is 6.10. The summed E-state index contributed by atoms with van der Waals surface area (Å²) in [5, 5.41) is 4.15. The van der Waals surface area contributed by atoms with Gasteiger partial charge in [0.15, 0.2) is 0 Å². The first-order chi connectivity index (χ1) is 9.04. The number of ether oxygens (including phenoxy) is 1. The first-order valence-electron chi connectivity index (χ1n) is 6.73. The molecule has 4 heteroatoms. The predicted octanol–water partition coefficient (Wildman–Crippen LogP) is 3.17. The van der Waals surface area contributed by atoms with Gasteiger partial charge in [-0.05, 0) is 29.7 Å². The average Bonchev–Trinajstić information content (AvgIpc) is 2.34. The minimum absolute atomic E-state index is 0.634. The minimum atomic E-state index is 0.634. The third-order valence-electron chi connectivity index (χ3n) is 2.89. The van der Waals surface area contributed by atoms with Gasteiger partial charge in [-0.1, -0.05) is 25.4 Å². The first-order valence-corrected chi connectivity index (χ1v) is 7.11. The minimum Gasteiger partial charge on any atom is -0.383 e. The summed E-state index contributed by atoms with van der Waals surface area (Å²) in [6.07, 6.45) is 0. The molecular weight excluding hydrogens is 260 g/mol. The van der Waals surface area contributed by atoms with Crippen molar-refractivity contribution in [2.45, 2.75) is 20.4 Å². The number of hydrogen-bond acceptors (Lipinski definition) is 3. The number of methoxy groups -OCH3 is 1. The summed E-state index contributed by atoms with van der Waals surface area (Å²) < 4.78 is 5.03. The van der Waals surface area contributed by atoms with Crippen LogP contribution in [0.4, 0.5) is 5.69 Å². The summed E-state index contributed by atoms with van der Waals surface area (Å²) >= 11 is 6.10. The fourth-order valence-corrected chi connectivity index (χ4v) is 2.31. The summed E-state index contributed by atoms with van der Waals surface area (Å²) in [6, 6.07) is 6.08. The van der Waals surface area contributed by atoms with Crippen molar-refractivity contribution in [2.24, 2.45) is 5.92 Å². The number of nitrogens with zero attached hydrogens (tertiary/aromatic N) is 1. The smallest absolute Gasteiger partial charge is 0.0587 e. The van der Waals surface area contributed by atoms with Gasteiger partial charge in [-0.25, -0.2) is 0 Å². The molecule has 0 aliphatic carbocycles. The highest BCUT2D eigenvalue weighted by Gasteiger charge is 2.09. The Kier molecular flexibility index (Phi) is 7.21. The molecule has 0 aliphatic rings. The fraction of sp³-hybridized carbons (Fsp3) is 0.600. The molecule has 0 bridgehead atoms. The standard InChI is InChI=1S/C15H25ClN2O/c1-12(2)11-18(3)15-6-5-14(16)9-13(15)10-17-7-8-19-4/h5-6,9,12,17H,7-8,10-11H2,1-4H3. The Morgan fingerprint density at radius 3 is 2.74 bits per heavy atom. The van der Waals surface area contributed by atoms with Crippen LogP contribution in [0.1, 0.15) is 19.4 Å². The van der Waals surface area contributed by atoms with E-state index in [0.717, 1.165) is 31.3 Å². The molecular formula is C15H25ClN2O. The van der Waals surface area contributed by atoms with E-state index in [1.807, 2.05) is 12.1 Å². The molecule has 0 atom stereocenters. The number of benzene rings is 1. The van der Waals surface area contributed by atoms with E-state index in [9.17, 15) is 0 Å². The molecule has 0 aliphatic heterocycles. The Morgan fingerprint density at radius 1 is 1.37 bits per heavy atom. The Morgan fingerprint density at radius 2 is 2.11 bits per heavy atom. The normalized spacial score (nSPS) is 11.1. The highest BCUT2D eigenvalue weighted by atomic mass is 35.5. The van der Waals surface area contributed by atoms with E-state index in [1.54, 1.807) is 7.11 Å². The molecule has 0 saturated heterocycles. The molecule has 1 aromatic carbocycles. The topological polar surface area (TPSA) is 24.5 Å². The Labute approximate surface area is 121 Å². The third kappa shape index (κ3) is 5.81. The van der Waals surface area contributed by atoms with Crippen LogP contribution in [0.3, 0.4) is 0 Å². The van der Waals surface area contributed by atoms with Crippen LogP contribution < -0.4 is 10.2 Å². The van der Waals surface area contributed by atoms with Crippen molar-refractivity contribution in [3.05, 3.63) is 28.8 Å². The Bertz CT molecular complexity index is 382. The van der Waals surface area contributed by atoms with Crippen molar-refractivity contribution in [2.75, 3.05) is 38.8 Å². The van der Waals surface area contributed by atoms with E-state index in [1.165, 1.54) is 11.3 Å². The van der Waals surface area contributed by atoms with Crippen LogP contribution >= 0.6 is 11.6 Å². The SMILES string of the molecule is COCCNCc1cc(Cl)ccc1N(C)CC(C)C. The van der Waals surface area contributed by atoms with Gasteiger partial charge in [0.25, 0.3) is 0 Å². The van der Waals surface area contributed by atoms with Gasteiger partial charge in [-0.3, -0.25) is 0 Å². The van der Waals surface area contributed by atoms with Crippen molar-refractivity contribution in [1.82, 2.24) is 5.32 Å². The van der Waals surface area contributed by atoms with Gasteiger partial charge in [-0.15, -0.1) is 0 Å². The summed E-state index contributed by atoms with van der Waals surface area (Å²) in [5.74, 6) is 0.634. The van der Waals surface area contributed by atoms with Crippen LogP contribution in [0.5, 0.6) is 0 Å². The van der Waals surface area contributed by atoms with Crippen molar-refractivity contribution in [3.63, 3.8) is 0 Å². The molecule has 1 N–H and O–H groups in total. The lowest BCUT2D eigenvalue weighted by atomic mass is 10.1. The van der Waals surface area contributed by atoms with E-state index in [2.05, 4.69) is 37.2 Å². The van der Waals surface area contributed by atoms with Gasteiger partial charge in [0, 0.05) is 44.5 Å². The van der Waals surface area contributed by atoms with Crippen LogP contribution in [0.15, 0.2) is 18.2 Å². The van der Waals surface area contributed by atoms with Crippen molar-refractivity contribution >= 4 is 17.3 Å². The largest absolute Gasteiger partial charge is 0.383 e. The molecule has 0 spiro atoms. The Hall–Kier alpha value is -0.770. The number of rotatable bonds is 8. The van der Waals surface area contributed by atoms with E-state index in [4.69, 9.17) is 16.3 Å². The van der Waals surface area contributed by atoms with Gasteiger partial charge in [0.1, 0.15) is 0 Å². The molecule has 0 aromatic heterocycles. The van der Waals surface area contributed by atoms with Gasteiger partial charge in [-0.2, -0.15) is 0 Å². The van der Waals surface area contributed by atoms with Crippen LogP contribution in [-0.4, -0.2) is 33.9 Å². The van der Waals surface area contributed by atoms with Crippen LogP contribution in [-0.2, 0) is 11.3 Å². The molecule has 19 heavy (non-hydrogen) atoms. The maximum Gasteiger partial charge on any atom is 0.0587 e. The second-order valence-corrected chi connectivity index (χ2v) is 5.65. The summed E-state index contributed by atoms with van der Waals surface area (Å²) in [6.45, 7) is 7.86. The Balaban J connectivity index is 2.73. The maximum atomic E-state index is 6.10. The van der Waals surface area contributed by atoms with E-state index in [-0.39, 0.29) is 0 Å². The fourth-order valence-electron chi connectivity index (χ4n) is 2.11. The number of hydrogen-bond donors (Lipinski definition) is 1. The zero-order valence-corrected chi connectivity index (χ0v) is 13.1. The lowest BCUT2D eigenvalue weighted by Gasteiger charge is -2.24. The number of nitrogens with one attached hydrogen (secondary N) is 1. The van der Waals surface area contributed by atoms with Gasteiger partial charge in [0.05, 0.1) is 6.61 Å². The second kappa shape index (κ2) is 8.41. The molecule has 0 radical (unpaired) electrons. The molecule has 0 amide bonds. The summed E-state index contributed by atoms with van der Waals surface area (Å²) in [7, 11) is 3.84. The summed E-state index contributed by atoms with van der Waals surface area (Å²) in [4.78, 5) is 2.29. The zero-order valence-electron chi connectivity index (χ0n) is 12.4. The molecule has 1 aromatic rings. The lowest BCUT2D eigenvalue weighted by Crippen LogP contribution is -2.25. The van der Waals surface area contributed by atoms with Crippen molar-refractivity contribution in [3.8, 4) is 0 Å². The zero-order chi connectivity index (χ0) is 14.3. The van der Waals surface area contributed by atoms with E-state index < -0.39 is 0 Å². The van der Waals surface area contributed by atoms with Crippen LogP contribution in [0, 0.1) is 5.92 Å². The van der Waals surface area contributed by atoms with Crippen LogP contribution in [0.25, 0.3) is 0 Å². The molecule has 108 valence electrons. The molecule has 1 rings (SSSR count). The molecule has 0 heterocycles. The first kappa shape index (κ1) is 16.3. The molecule has 3 nitrogen and oxygen atoms in total. The number of halogens is 1. The predicted molar refractivity (Wildman–Crippen MR) is 83.1 cm³/mol. The van der Waals surface area contributed by atoms with E-state index in [0.29, 0.717) is 5.92 Å². The molecule has 0 fully saturated rings. The van der Waals surface area contributed by atoms with Crippen molar-refractivity contribution < 1.29 is 4.74 Å². The van der Waals surface area contributed by atoms with Crippen molar-refractivity contribution in [1.29, 1.82) is 0 Å². The molecule has 0 saturated carbocycles. The number of anilines is 1. The second-order valence-electron chi connectivity index (χ2n) is 5.22. The lowest BCUT2D eigenvalue weighted by molar-refractivity contribution is 0.199. The summed E-state index contributed by atoms with van der Waals surface area (Å²) in [5.41, 5.74) is 2.47. The highest BCUT2D eigenvalue weighted by Crippen LogP contribution is 2.24. The van der Waals surface area contributed by atoms with Crippen LogP contribution in [0.2, 0.25) is 5.02 Å². The highest BCUT2D eigenvalue weighted by molar-refractivity contribution is 6.30. The quantitative estimate of drug-likeness (QED) is 0.742. The monoisotopic (exact) mass is 284 g/mol. The van der Waals surface area contributed by atoms with Gasteiger partial charge >= 0.3 is 0 Å².